The highest BCUT2D eigenvalue weighted by molar-refractivity contribution is 7.99. The van der Waals surface area contributed by atoms with Gasteiger partial charge in [0.2, 0.25) is 5.88 Å². The molecule has 1 aliphatic carbocycles. The smallest absolute Gasteiger partial charge is 0.294 e. The van der Waals surface area contributed by atoms with Crippen LogP contribution in [0.2, 0.25) is 5.02 Å². The van der Waals surface area contributed by atoms with Crippen LogP contribution in [0.15, 0.2) is 88.3 Å². The predicted molar refractivity (Wildman–Crippen MR) is 274 cm³/mol. The van der Waals surface area contributed by atoms with E-state index in [-0.39, 0.29) is 33.7 Å². The molecule has 5 aromatic rings. The summed E-state index contributed by atoms with van der Waals surface area (Å²) in [5.41, 5.74) is 7.09. The molecule has 2 atom stereocenters. The Labute approximate surface area is 412 Å². The number of nitrogens with zero attached hydrogens (tertiary/aromatic N) is 7. The van der Waals surface area contributed by atoms with E-state index >= 15 is 0 Å². The van der Waals surface area contributed by atoms with E-state index in [1.165, 1.54) is 34.5 Å². The Morgan fingerprint density at radius 2 is 1.74 bits per heavy atom. The molecule has 19 heteroatoms. The first-order chi connectivity index (χ1) is 33.1. The number of benzene rings is 3. The molecule has 2 aromatic heterocycles. The second-order valence-electron chi connectivity index (χ2n) is 19.9. The highest BCUT2D eigenvalue weighted by Crippen LogP contribution is 2.45. The van der Waals surface area contributed by atoms with Gasteiger partial charge in [0.05, 0.1) is 27.6 Å². The average molecular weight is 996 g/mol. The number of H-pyrrole nitrogens is 1. The lowest BCUT2D eigenvalue weighted by Gasteiger charge is -2.40. The van der Waals surface area contributed by atoms with Crippen LogP contribution in [0, 0.1) is 15.5 Å². The third-order valence-electron chi connectivity index (χ3n) is 14.2. The summed E-state index contributed by atoms with van der Waals surface area (Å²) in [6, 6.07) is 20.0. The van der Waals surface area contributed by atoms with Crippen molar-refractivity contribution in [2.24, 2.45) is 5.41 Å². The number of allylic oxidation sites excluding steroid dienone is 1. The van der Waals surface area contributed by atoms with Crippen LogP contribution in [0.3, 0.4) is 0 Å². The standard InChI is InChI=1S/C50H59ClN10O6S2/c1-32-28-60(44-23-34-12-14-52-47(34)54-49(44)67-32)42-24-38(59-21-19-57(20-22-59)29-35-11-13-50(2,3)27-41(35)33-5-7-36(51)8-6-33)9-10-40(42)48(62)55-69(65,66)39-25-43(61(63)64)46-45(26-39)68-31-37(53-46)30-58-17-15-56(4)16-18-58/h5-10,12,14,23-26,32,37,53H,11,13,15-22,27-31H2,1-4H3,(H,52,54)(H,55,62)/t32-,37?/m1/s1. The lowest BCUT2D eigenvalue weighted by Crippen LogP contribution is -2.49. The maximum atomic E-state index is 14.6. The molecular weight excluding hydrogens is 936 g/mol. The van der Waals surface area contributed by atoms with Gasteiger partial charge >= 0.3 is 0 Å². The van der Waals surface area contributed by atoms with E-state index in [2.05, 4.69) is 67.7 Å². The average Bonchev–Trinajstić information content (AvgIpc) is 3.79. The van der Waals surface area contributed by atoms with E-state index in [0.29, 0.717) is 52.3 Å². The highest BCUT2D eigenvalue weighted by atomic mass is 35.5. The number of amides is 1. The lowest BCUT2D eigenvalue weighted by molar-refractivity contribution is -0.384. The number of nitro groups is 1. The van der Waals surface area contributed by atoms with E-state index in [9.17, 15) is 23.3 Å². The number of hydrogen-bond acceptors (Lipinski definition) is 14. The molecule has 3 aromatic carbocycles. The molecule has 6 heterocycles. The zero-order chi connectivity index (χ0) is 48.2. The SMILES string of the molecule is C[C@@H]1CN(c2cc(N3CCN(CC4=C(c5ccc(Cl)cc5)CC(C)(C)CC4)CC3)ccc2C(=O)NS(=O)(=O)c2cc3c(c([N+](=O)[O-])c2)NC(CN2CCN(C)CC2)CS3)c2cc3cc[nH]c3nc2O1. The predicted octanol–water partition coefficient (Wildman–Crippen LogP) is 8.08. The first-order valence-corrected chi connectivity index (χ1v) is 26.6. The number of anilines is 4. The zero-order valence-electron chi connectivity index (χ0n) is 39.5. The number of sulfonamides is 1. The van der Waals surface area contributed by atoms with Crippen LogP contribution in [0.1, 0.15) is 56.0 Å². The number of rotatable bonds is 11. The van der Waals surface area contributed by atoms with Gasteiger partial charge in [-0.1, -0.05) is 43.2 Å². The number of halogens is 1. The van der Waals surface area contributed by atoms with Gasteiger partial charge in [-0.2, -0.15) is 4.98 Å². The molecule has 0 radical (unpaired) electrons. The van der Waals surface area contributed by atoms with Gasteiger partial charge in [0.15, 0.2) is 0 Å². The van der Waals surface area contributed by atoms with Crippen molar-refractivity contribution in [3.63, 3.8) is 0 Å². The molecule has 3 N–H and O–H groups in total. The van der Waals surface area contributed by atoms with Crippen molar-refractivity contribution in [3.05, 3.63) is 105 Å². The second kappa shape index (κ2) is 19.1. The summed E-state index contributed by atoms with van der Waals surface area (Å²) in [5, 5.41) is 17.5. The minimum Gasteiger partial charge on any atom is -0.471 e. The summed E-state index contributed by atoms with van der Waals surface area (Å²) in [5.74, 6) is 0.123. The Morgan fingerprint density at radius 3 is 2.49 bits per heavy atom. The zero-order valence-corrected chi connectivity index (χ0v) is 41.9. The number of nitro benzene ring substituents is 1. The van der Waals surface area contributed by atoms with Gasteiger partial charge < -0.3 is 29.7 Å². The van der Waals surface area contributed by atoms with Crippen LogP contribution in [-0.4, -0.2) is 141 Å². The Morgan fingerprint density at radius 1 is 0.986 bits per heavy atom. The fourth-order valence-corrected chi connectivity index (χ4v) is 12.6. The molecule has 1 unspecified atom stereocenters. The Hall–Kier alpha value is -5.37. The molecular formula is C50H59ClN10O6S2. The maximum absolute atomic E-state index is 14.6. The van der Waals surface area contributed by atoms with Crippen molar-refractivity contribution in [3.8, 4) is 5.88 Å². The number of piperazine rings is 2. The molecule has 2 saturated heterocycles. The largest absolute Gasteiger partial charge is 0.471 e. The van der Waals surface area contributed by atoms with Crippen LogP contribution in [0.5, 0.6) is 5.88 Å². The molecule has 69 heavy (non-hydrogen) atoms. The number of ether oxygens (including phenoxy) is 1. The number of fused-ring (bicyclic) bond motifs is 3. The molecule has 10 rings (SSSR count). The number of aromatic amines is 1. The monoisotopic (exact) mass is 994 g/mol. The van der Waals surface area contributed by atoms with Crippen LogP contribution in [-0.2, 0) is 10.0 Å². The van der Waals surface area contributed by atoms with Crippen molar-refractivity contribution < 1.29 is 22.9 Å². The van der Waals surface area contributed by atoms with Gasteiger partial charge in [0.1, 0.15) is 23.1 Å². The molecule has 16 nitrogen and oxygen atoms in total. The van der Waals surface area contributed by atoms with Gasteiger partial charge in [0.25, 0.3) is 21.6 Å². The van der Waals surface area contributed by atoms with Crippen LogP contribution in [0.25, 0.3) is 16.6 Å². The van der Waals surface area contributed by atoms with E-state index in [1.807, 2.05) is 48.2 Å². The van der Waals surface area contributed by atoms with Crippen LogP contribution in [0.4, 0.5) is 28.4 Å². The van der Waals surface area contributed by atoms with Crippen molar-refractivity contribution in [1.82, 2.24) is 29.4 Å². The third-order valence-corrected chi connectivity index (χ3v) is 17.0. The highest BCUT2D eigenvalue weighted by Gasteiger charge is 2.35. The van der Waals surface area contributed by atoms with E-state index in [1.54, 1.807) is 12.3 Å². The lowest BCUT2D eigenvalue weighted by atomic mass is 9.72. The molecule has 1 amide bonds. The first kappa shape index (κ1) is 47.3. The number of hydrogen-bond donors (Lipinski definition) is 3. The molecule has 0 saturated carbocycles. The topological polar surface area (TPSA) is 173 Å². The second-order valence-corrected chi connectivity index (χ2v) is 23.1. The number of aromatic nitrogens is 2. The maximum Gasteiger partial charge on any atom is 0.294 e. The van der Waals surface area contributed by atoms with Crippen molar-refractivity contribution in [2.75, 3.05) is 99.9 Å². The van der Waals surface area contributed by atoms with Gasteiger partial charge in [-0.3, -0.25) is 24.7 Å². The Kier molecular flexibility index (Phi) is 13.1. The van der Waals surface area contributed by atoms with Crippen molar-refractivity contribution >= 4 is 84.3 Å². The summed E-state index contributed by atoms with van der Waals surface area (Å²) in [4.78, 5) is 46.0. The summed E-state index contributed by atoms with van der Waals surface area (Å²) in [7, 11) is -2.51. The van der Waals surface area contributed by atoms with E-state index < -0.39 is 20.9 Å². The minimum absolute atomic E-state index is 0.0605. The van der Waals surface area contributed by atoms with Crippen LogP contribution >= 0.6 is 23.4 Å². The first-order valence-electron chi connectivity index (χ1n) is 23.8. The van der Waals surface area contributed by atoms with Gasteiger partial charge in [0, 0.05) is 110 Å². The molecule has 4 aliphatic heterocycles. The number of nitrogens with one attached hydrogen (secondary N) is 3. The van der Waals surface area contributed by atoms with Crippen LogP contribution < -0.4 is 24.6 Å². The number of carbonyl (C=O) groups excluding carboxylic acids is 1. The summed E-state index contributed by atoms with van der Waals surface area (Å²) in [6.07, 6.45) is 4.68. The van der Waals surface area contributed by atoms with E-state index in [4.69, 9.17) is 21.3 Å². The fraction of sp³-hybridized carbons (Fsp3) is 0.440. The molecule has 0 spiro atoms. The molecule has 2 fully saturated rings. The molecule has 0 bridgehead atoms. The fourth-order valence-electron chi connectivity index (χ4n) is 10.3. The van der Waals surface area contributed by atoms with Crippen molar-refractivity contribution in [2.45, 2.75) is 62.0 Å². The molecule has 364 valence electrons. The summed E-state index contributed by atoms with van der Waals surface area (Å²) < 4.78 is 37.0. The summed E-state index contributed by atoms with van der Waals surface area (Å²) >= 11 is 7.67. The van der Waals surface area contributed by atoms with Gasteiger partial charge in [-0.05, 0) is 98.3 Å². The minimum atomic E-state index is -4.60. The number of carbonyl (C=O) groups is 1. The Balaban J connectivity index is 0.921. The van der Waals surface area contributed by atoms with Gasteiger partial charge in [-0.15, -0.1) is 11.8 Å². The van der Waals surface area contributed by atoms with E-state index in [0.717, 1.165) is 100 Å². The quantitative estimate of drug-likeness (QED) is 0.0857. The molecule has 5 aliphatic rings. The number of thioether (sulfide) groups is 1. The number of pyridine rings is 1. The van der Waals surface area contributed by atoms with Crippen molar-refractivity contribution in [1.29, 1.82) is 0 Å². The van der Waals surface area contributed by atoms with Gasteiger partial charge in [-0.25, -0.2) is 13.1 Å². The summed E-state index contributed by atoms with van der Waals surface area (Å²) in [6.45, 7) is 15.5. The third kappa shape index (κ3) is 10.1. The normalized spacial score (nSPS) is 21.3. The number of likely N-dealkylation sites (N-methyl/N-ethyl adjacent to an activating group) is 1. The Bertz CT molecular complexity index is 2930.